The molecule has 0 spiro atoms. The van der Waals surface area contributed by atoms with Gasteiger partial charge < -0.3 is 9.59 Å². The van der Waals surface area contributed by atoms with Crippen LogP contribution in [0, 0.1) is 10.2 Å². The zero-order chi connectivity index (χ0) is 17.0. The van der Waals surface area contributed by atoms with Gasteiger partial charge in [0.25, 0.3) is 5.60 Å². The van der Waals surface area contributed by atoms with E-state index in [1.165, 1.54) is 0 Å². The van der Waals surface area contributed by atoms with E-state index in [9.17, 15) is 18.8 Å². The SMILES string of the molecule is C[N+](C)(C)C[C@](CC(=O)O)(Cc1ccccc1)O[Cl+3]([O-])([O-])[O-]. The van der Waals surface area contributed by atoms with Crippen LogP contribution < -0.4 is 14.0 Å². The van der Waals surface area contributed by atoms with Gasteiger partial charge in [-0.1, -0.05) is 30.3 Å². The summed E-state index contributed by atoms with van der Waals surface area (Å²) in [7, 11) is 0.543. The van der Waals surface area contributed by atoms with Crippen LogP contribution in [-0.2, 0) is 15.5 Å². The van der Waals surface area contributed by atoms with Crippen molar-refractivity contribution in [2.24, 2.45) is 0 Å². The fourth-order valence-electron chi connectivity index (χ4n) is 2.56. The van der Waals surface area contributed by atoms with Gasteiger partial charge in [0.05, 0.1) is 42.1 Å². The van der Waals surface area contributed by atoms with E-state index in [-0.39, 0.29) is 17.4 Å². The third kappa shape index (κ3) is 7.17. The molecule has 1 aromatic carbocycles. The fraction of sp³-hybridized carbons (Fsp3) is 0.500. The normalized spacial score (nSPS) is 15.4. The number of rotatable bonds is 8. The zero-order valence-corrected chi connectivity index (χ0v) is 13.6. The number of carbonyl (C=O) groups is 1. The highest BCUT2D eigenvalue weighted by atomic mass is 35.7. The largest absolute Gasteiger partial charge is 0.481 e. The summed E-state index contributed by atoms with van der Waals surface area (Å²) in [5, 5.41) is 9.13. The Morgan fingerprint density at radius 2 is 1.77 bits per heavy atom. The van der Waals surface area contributed by atoms with Crippen molar-refractivity contribution in [2.75, 3.05) is 27.7 Å². The number of quaternary nitrogens is 1. The number of carboxylic acid groups (broad SMARTS) is 1. The number of aliphatic carboxylic acids is 1. The number of carboxylic acids is 1. The predicted octanol–water partition coefficient (Wildman–Crippen LogP) is -1.94. The van der Waals surface area contributed by atoms with Crippen molar-refractivity contribution in [1.82, 2.24) is 0 Å². The van der Waals surface area contributed by atoms with Gasteiger partial charge in [0.1, 0.15) is 6.54 Å². The first-order valence-electron chi connectivity index (χ1n) is 6.59. The third-order valence-corrected chi connectivity index (χ3v) is 3.38. The Hall–Kier alpha value is -1.22. The van der Waals surface area contributed by atoms with Crippen molar-refractivity contribution >= 4 is 5.97 Å². The molecule has 1 aromatic rings. The molecule has 0 amide bonds. The first-order valence-corrected chi connectivity index (χ1v) is 7.82. The molecule has 0 unspecified atom stereocenters. The lowest BCUT2D eigenvalue weighted by molar-refractivity contribution is -1.92. The highest BCUT2D eigenvalue weighted by Gasteiger charge is 2.52. The standard InChI is InChI=1S/C14H20ClNO6/c1-16(2,3)11-14(10-13(17)18,22-15(19,20)21)9-12-7-5-4-6-8-12/h4-8H,9-11H2,1-3H3/p+1/t14-/m1/s1. The molecule has 1 rings (SSSR count). The van der Waals surface area contributed by atoms with E-state index in [0.717, 1.165) is 0 Å². The van der Waals surface area contributed by atoms with Gasteiger partial charge in [-0.15, -0.1) is 0 Å². The lowest BCUT2D eigenvalue weighted by atomic mass is 9.90. The third-order valence-electron chi connectivity index (χ3n) is 2.86. The fourth-order valence-corrected chi connectivity index (χ4v) is 3.12. The predicted molar refractivity (Wildman–Crippen MR) is 69.1 cm³/mol. The van der Waals surface area contributed by atoms with Gasteiger partial charge in [-0.05, 0) is 5.56 Å². The molecule has 22 heavy (non-hydrogen) atoms. The maximum absolute atomic E-state index is 11.2. The molecule has 0 aliphatic heterocycles. The summed E-state index contributed by atoms with van der Waals surface area (Å²) in [4.78, 5) is 11.2. The topological polar surface area (TPSA) is 116 Å². The van der Waals surface area contributed by atoms with Gasteiger partial charge in [-0.2, -0.15) is 14.0 Å². The van der Waals surface area contributed by atoms with Gasteiger partial charge in [-0.3, -0.25) is 4.79 Å². The van der Waals surface area contributed by atoms with E-state index in [1.807, 2.05) is 0 Å². The minimum Gasteiger partial charge on any atom is -0.481 e. The van der Waals surface area contributed by atoms with Gasteiger partial charge in [0.2, 0.25) is 0 Å². The lowest BCUT2D eigenvalue weighted by Crippen LogP contribution is -2.67. The van der Waals surface area contributed by atoms with Gasteiger partial charge in [0, 0.05) is 6.42 Å². The van der Waals surface area contributed by atoms with Crippen LogP contribution in [0.15, 0.2) is 30.3 Å². The Morgan fingerprint density at radius 1 is 1.23 bits per heavy atom. The number of benzene rings is 1. The van der Waals surface area contributed by atoms with E-state index in [4.69, 9.17) is 9.40 Å². The minimum atomic E-state index is -4.75. The van der Waals surface area contributed by atoms with Crippen LogP contribution in [-0.4, -0.2) is 48.8 Å². The summed E-state index contributed by atoms with van der Waals surface area (Å²) < 4.78 is 38.2. The van der Waals surface area contributed by atoms with E-state index in [1.54, 1.807) is 51.5 Å². The Morgan fingerprint density at radius 3 is 2.18 bits per heavy atom. The number of hydrogen-bond donors (Lipinski definition) is 1. The van der Waals surface area contributed by atoms with Crippen LogP contribution in [0.2, 0.25) is 0 Å². The summed E-state index contributed by atoms with van der Waals surface area (Å²) >= 11 is 0. The molecule has 0 bridgehead atoms. The van der Waals surface area contributed by atoms with Crippen LogP contribution in [0.4, 0.5) is 0 Å². The van der Waals surface area contributed by atoms with Crippen LogP contribution in [0.3, 0.4) is 0 Å². The Kier molecular flexibility index (Phi) is 5.91. The molecule has 0 aliphatic rings. The molecule has 0 saturated heterocycles. The highest BCUT2D eigenvalue weighted by molar-refractivity contribution is 5.68. The van der Waals surface area contributed by atoms with Crippen LogP contribution in [0.25, 0.3) is 0 Å². The van der Waals surface area contributed by atoms with Gasteiger partial charge in [0.15, 0.2) is 0 Å². The first-order chi connectivity index (χ1) is 9.91. The summed E-state index contributed by atoms with van der Waals surface area (Å²) in [6, 6.07) is 8.73. The Balaban J connectivity index is 3.20. The molecule has 0 aliphatic carbocycles. The van der Waals surface area contributed by atoms with Crippen molar-refractivity contribution in [2.45, 2.75) is 18.4 Å². The minimum absolute atomic E-state index is 0.00410. The van der Waals surface area contributed by atoms with Crippen molar-refractivity contribution in [3.8, 4) is 0 Å². The van der Waals surface area contributed by atoms with Gasteiger partial charge >= 0.3 is 5.97 Å². The molecule has 0 fully saturated rings. The number of likely N-dealkylation sites (N-methyl/N-ethyl adjacent to an activating group) is 1. The van der Waals surface area contributed by atoms with E-state index in [0.29, 0.717) is 5.56 Å². The Labute approximate surface area is 131 Å². The lowest BCUT2D eigenvalue weighted by Gasteiger charge is -2.34. The summed E-state index contributed by atoms with van der Waals surface area (Å²) in [6.45, 7) is 0.0443. The second-order valence-corrected chi connectivity index (χ2v) is 7.23. The average Bonchev–Trinajstić information content (AvgIpc) is 2.23. The van der Waals surface area contributed by atoms with Crippen molar-refractivity contribution in [3.05, 3.63) is 35.9 Å². The molecule has 0 aromatic heterocycles. The van der Waals surface area contributed by atoms with E-state index >= 15 is 0 Å². The van der Waals surface area contributed by atoms with Crippen LogP contribution >= 0.6 is 0 Å². The molecule has 124 valence electrons. The molecule has 0 heterocycles. The molecule has 8 heteroatoms. The van der Waals surface area contributed by atoms with Gasteiger partial charge in [-0.25, -0.2) is 0 Å². The molecule has 0 radical (unpaired) electrons. The highest BCUT2D eigenvalue weighted by Crippen LogP contribution is 2.27. The van der Waals surface area contributed by atoms with Crippen LogP contribution in [0.5, 0.6) is 0 Å². The second-order valence-electron chi connectivity index (χ2n) is 6.32. The van der Waals surface area contributed by atoms with Crippen molar-refractivity contribution in [1.29, 1.82) is 0 Å². The molecule has 7 nitrogen and oxygen atoms in total. The molecular weight excluding hydrogens is 314 g/mol. The molecule has 1 atom stereocenters. The maximum atomic E-state index is 11.2. The number of hydrogen-bond acceptors (Lipinski definition) is 5. The average molecular weight is 335 g/mol. The number of halogens is 1. The zero-order valence-electron chi connectivity index (χ0n) is 12.8. The summed E-state index contributed by atoms with van der Waals surface area (Å²) in [5.74, 6) is -1.23. The van der Waals surface area contributed by atoms with E-state index < -0.39 is 28.2 Å². The van der Waals surface area contributed by atoms with Crippen molar-refractivity contribution in [3.63, 3.8) is 0 Å². The Bertz CT molecular complexity index is 478. The smallest absolute Gasteiger partial charge is 0.307 e. The van der Waals surface area contributed by atoms with Crippen LogP contribution in [0.1, 0.15) is 12.0 Å². The second kappa shape index (κ2) is 6.91. The van der Waals surface area contributed by atoms with E-state index in [2.05, 4.69) is 0 Å². The maximum Gasteiger partial charge on any atom is 0.307 e. The number of nitrogens with zero attached hydrogens (tertiary/aromatic N) is 1. The molecule has 0 saturated carbocycles. The molecule has 1 N–H and O–H groups in total. The monoisotopic (exact) mass is 334 g/mol. The summed E-state index contributed by atoms with van der Waals surface area (Å²) in [6.07, 6.45) is -0.587. The van der Waals surface area contributed by atoms with Crippen molar-refractivity contribution < 1.29 is 42.9 Å². The quantitative estimate of drug-likeness (QED) is 0.553. The summed E-state index contributed by atoms with van der Waals surface area (Å²) in [5.41, 5.74) is -0.954. The first kappa shape index (κ1) is 18.8. The molecular formula is C14H21ClNO6+.